The number of halogens is 2. The van der Waals surface area contributed by atoms with Crippen molar-refractivity contribution in [2.24, 2.45) is 0 Å². The predicted molar refractivity (Wildman–Crippen MR) is 80.2 cm³/mol. The Labute approximate surface area is 122 Å². The number of pyridine rings is 1. The van der Waals surface area contributed by atoms with Gasteiger partial charge in [0.2, 0.25) is 5.95 Å². The van der Waals surface area contributed by atoms with Crippen LogP contribution in [0.2, 0.25) is 0 Å². The number of nitrogen functional groups attached to an aromatic ring is 1. The number of imidazole rings is 1. The van der Waals surface area contributed by atoms with Crippen molar-refractivity contribution in [3.05, 3.63) is 51.6 Å². The second kappa shape index (κ2) is 4.76. The van der Waals surface area contributed by atoms with Gasteiger partial charge in [-0.1, -0.05) is 6.07 Å². The van der Waals surface area contributed by atoms with Crippen molar-refractivity contribution < 1.29 is 4.39 Å². The molecule has 0 aliphatic carbocycles. The third-order valence-corrected chi connectivity index (χ3v) is 3.71. The van der Waals surface area contributed by atoms with Crippen LogP contribution in [-0.4, -0.2) is 14.5 Å². The number of anilines is 1. The predicted octanol–water partition coefficient (Wildman–Crippen LogP) is 2.81. The molecule has 2 heterocycles. The summed E-state index contributed by atoms with van der Waals surface area (Å²) in [6.45, 7) is 0.524. The van der Waals surface area contributed by atoms with Crippen LogP contribution in [0.4, 0.5) is 10.3 Å². The normalized spacial score (nSPS) is 11.1. The molecule has 0 spiro atoms. The molecule has 0 fully saturated rings. The molecule has 0 saturated carbocycles. The monoisotopic (exact) mass is 368 g/mol. The first-order valence-electron chi connectivity index (χ1n) is 5.65. The van der Waals surface area contributed by atoms with Gasteiger partial charge in [0.05, 0.1) is 21.1 Å². The number of rotatable bonds is 2. The van der Waals surface area contributed by atoms with Crippen molar-refractivity contribution in [3.8, 4) is 0 Å². The molecule has 0 aliphatic heterocycles. The van der Waals surface area contributed by atoms with E-state index in [0.29, 0.717) is 27.1 Å². The molecule has 0 bridgehead atoms. The smallest absolute Gasteiger partial charge is 0.201 e. The number of fused-ring (bicyclic) bond motifs is 1. The second-order valence-corrected chi connectivity index (χ2v) is 5.33. The summed E-state index contributed by atoms with van der Waals surface area (Å²) >= 11 is 1.94. The number of nitrogens with zero attached hydrogens (tertiary/aromatic N) is 3. The van der Waals surface area contributed by atoms with E-state index in [1.54, 1.807) is 23.0 Å². The second-order valence-electron chi connectivity index (χ2n) is 4.17. The van der Waals surface area contributed by atoms with Gasteiger partial charge in [-0.05, 0) is 40.3 Å². The highest BCUT2D eigenvalue weighted by molar-refractivity contribution is 14.1. The minimum atomic E-state index is -0.263. The maximum atomic E-state index is 13.7. The lowest BCUT2D eigenvalue weighted by Gasteiger charge is -2.06. The number of benzene rings is 1. The van der Waals surface area contributed by atoms with Crippen LogP contribution in [0.3, 0.4) is 0 Å². The molecule has 0 saturated heterocycles. The summed E-state index contributed by atoms with van der Waals surface area (Å²) in [6, 6.07) is 6.97. The van der Waals surface area contributed by atoms with Crippen molar-refractivity contribution >= 4 is 39.6 Å². The summed E-state index contributed by atoms with van der Waals surface area (Å²) in [4.78, 5) is 8.32. The lowest BCUT2D eigenvalue weighted by Crippen LogP contribution is -2.04. The van der Waals surface area contributed by atoms with Gasteiger partial charge in [-0.25, -0.2) is 9.37 Å². The van der Waals surface area contributed by atoms with Crippen LogP contribution < -0.4 is 5.73 Å². The standard InChI is InChI=1S/C13H10FIN4/c14-9-4-12-11(5-10(9)15)18-13(16)19(12)7-8-2-1-3-17-6-8/h1-6H,7H2,(H2,16,18). The molecular formula is C13H10FIN4. The van der Waals surface area contributed by atoms with Crippen LogP contribution in [0.5, 0.6) is 0 Å². The minimum Gasteiger partial charge on any atom is -0.369 e. The molecule has 2 aromatic heterocycles. The number of hydrogen-bond acceptors (Lipinski definition) is 3. The van der Waals surface area contributed by atoms with Crippen molar-refractivity contribution in [2.45, 2.75) is 6.54 Å². The minimum absolute atomic E-state index is 0.263. The van der Waals surface area contributed by atoms with Crippen LogP contribution in [0.1, 0.15) is 5.56 Å². The maximum absolute atomic E-state index is 13.7. The van der Waals surface area contributed by atoms with Gasteiger partial charge >= 0.3 is 0 Å². The van der Waals surface area contributed by atoms with Gasteiger partial charge in [-0.15, -0.1) is 0 Å². The lowest BCUT2D eigenvalue weighted by atomic mass is 10.2. The molecule has 2 N–H and O–H groups in total. The Balaban J connectivity index is 2.13. The van der Waals surface area contributed by atoms with Crippen molar-refractivity contribution in [2.75, 3.05) is 5.73 Å². The number of aromatic nitrogens is 3. The first-order chi connectivity index (χ1) is 9.15. The molecule has 1 aromatic carbocycles. The maximum Gasteiger partial charge on any atom is 0.201 e. The number of hydrogen-bond donors (Lipinski definition) is 1. The molecule has 3 aromatic rings. The Kier molecular flexibility index (Phi) is 3.09. The zero-order valence-electron chi connectivity index (χ0n) is 9.85. The summed E-state index contributed by atoms with van der Waals surface area (Å²) in [5, 5.41) is 0. The first kappa shape index (κ1) is 12.3. The largest absolute Gasteiger partial charge is 0.369 e. The van der Waals surface area contributed by atoms with E-state index in [9.17, 15) is 4.39 Å². The van der Waals surface area contributed by atoms with E-state index in [2.05, 4.69) is 9.97 Å². The van der Waals surface area contributed by atoms with E-state index in [-0.39, 0.29) is 5.82 Å². The Morgan fingerprint density at radius 2 is 2.21 bits per heavy atom. The average Bonchev–Trinajstić information content (AvgIpc) is 2.68. The van der Waals surface area contributed by atoms with Crippen molar-refractivity contribution in [1.29, 1.82) is 0 Å². The lowest BCUT2D eigenvalue weighted by molar-refractivity contribution is 0.621. The summed E-state index contributed by atoms with van der Waals surface area (Å²) in [7, 11) is 0. The van der Waals surface area contributed by atoms with Gasteiger partial charge in [0.25, 0.3) is 0 Å². The highest BCUT2D eigenvalue weighted by Gasteiger charge is 2.11. The molecule has 0 unspecified atom stereocenters. The molecule has 0 amide bonds. The average molecular weight is 368 g/mol. The zero-order chi connectivity index (χ0) is 13.4. The summed E-state index contributed by atoms with van der Waals surface area (Å²) in [5.74, 6) is 0.112. The van der Waals surface area contributed by atoms with E-state index >= 15 is 0 Å². The van der Waals surface area contributed by atoms with Gasteiger partial charge in [0.15, 0.2) is 0 Å². The fraction of sp³-hybridized carbons (Fsp3) is 0.0769. The molecule has 0 aliphatic rings. The summed E-state index contributed by atoms with van der Waals surface area (Å²) in [5.41, 5.74) is 8.30. The van der Waals surface area contributed by atoms with Crippen LogP contribution in [0.25, 0.3) is 11.0 Å². The SMILES string of the molecule is Nc1nc2cc(I)c(F)cc2n1Cc1cccnc1. The Bertz CT molecular complexity index is 739. The van der Waals surface area contributed by atoms with Crippen LogP contribution in [-0.2, 0) is 6.54 Å². The highest BCUT2D eigenvalue weighted by atomic mass is 127. The fourth-order valence-electron chi connectivity index (χ4n) is 1.98. The first-order valence-corrected chi connectivity index (χ1v) is 6.72. The summed E-state index contributed by atoms with van der Waals surface area (Å²) < 4.78 is 16.0. The Morgan fingerprint density at radius 3 is 2.95 bits per heavy atom. The number of nitrogens with two attached hydrogens (primary N) is 1. The van der Waals surface area contributed by atoms with Gasteiger partial charge in [0.1, 0.15) is 5.82 Å². The van der Waals surface area contributed by atoms with Gasteiger partial charge < -0.3 is 10.3 Å². The molecule has 3 rings (SSSR count). The van der Waals surface area contributed by atoms with Crippen LogP contribution in [0, 0.1) is 9.39 Å². The molecule has 0 radical (unpaired) electrons. The molecule has 4 nitrogen and oxygen atoms in total. The molecule has 6 heteroatoms. The van der Waals surface area contributed by atoms with E-state index in [1.807, 2.05) is 34.7 Å². The third kappa shape index (κ3) is 2.27. The topological polar surface area (TPSA) is 56.7 Å². The van der Waals surface area contributed by atoms with Crippen molar-refractivity contribution in [3.63, 3.8) is 0 Å². The van der Waals surface area contributed by atoms with Gasteiger partial charge in [0, 0.05) is 18.5 Å². The van der Waals surface area contributed by atoms with E-state index in [4.69, 9.17) is 5.73 Å². The Hall–Kier alpha value is -1.70. The highest BCUT2D eigenvalue weighted by Crippen LogP contribution is 2.23. The zero-order valence-corrected chi connectivity index (χ0v) is 12.0. The quantitative estimate of drug-likeness (QED) is 0.708. The molecule has 0 atom stereocenters. The van der Waals surface area contributed by atoms with E-state index in [0.717, 1.165) is 5.56 Å². The molecular weight excluding hydrogens is 358 g/mol. The van der Waals surface area contributed by atoms with Gasteiger partial charge in [-0.3, -0.25) is 4.98 Å². The van der Waals surface area contributed by atoms with Gasteiger partial charge in [-0.2, -0.15) is 0 Å². The molecule has 19 heavy (non-hydrogen) atoms. The fourth-order valence-corrected chi connectivity index (χ4v) is 2.43. The van der Waals surface area contributed by atoms with E-state index in [1.165, 1.54) is 6.07 Å². The Morgan fingerprint density at radius 1 is 1.37 bits per heavy atom. The van der Waals surface area contributed by atoms with Crippen LogP contribution in [0.15, 0.2) is 36.7 Å². The third-order valence-electron chi connectivity index (χ3n) is 2.88. The van der Waals surface area contributed by atoms with Crippen molar-refractivity contribution in [1.82, 2.24) is 14.5 Å². The van der Waals surface area contributed by atoms with Crippen LogP contribution >= 0.6 is 22.6 Å². The van der Waals surface area contributed by atoms with E-state index < -0.39 is 0 Å². The summed E-state index contributed by atoms with van der Waals surface area (Å²) in [6.07, 6.45) is 3.47. The molecule has 96 valence electrons.